The molecule has 2 fully saturated rings. The van der Waals surface area contributed by atoms with Gasteiger partial charge in [-0.3, -0.25) is 9.35 Å². The Hall–Kier alpha value is -1.69. The predicted octanol–water partition coefficient (Wildman–Crippen LogP) is 2.11. The third kappa shape index (κ3) is 5.43. The molecule has 2 aromatic heterocycles. The molecule has 0 radical (unpaired) electrons. The third-order valence-electron chi connectivity index (χ3n) is 4.61. The Morgan fingerprint density at radius 3 is 2.71 bits per heavy atom. The molecule has 0 aromatic carbocycles. The molecule has 1 aliphatic carbocycles. The topological polar surface area (TPSA) is 141 Å². The molecule has 3 heterocycles. The van der Waals surface area contributed by atoms with Gasteiger partial charge < -0.3 is 20.9 Å². The minimum Gasteiger partial charge on any atom is -0.368 e. The molecule has 1 amide bonds. The highest BCUT2D eigenvalue weighted by molar-refractivity contribution is 9.10. The van der Waals surface area contributed by atoms with Gasteiger partial charge in [0.25, 0.3) is 10.1 Å². The third-order valence-corrected chi connectivity index (χ3v) is 5.19. The van der Waals surface area contributed by atoms with E-state index < -0.39 is 10.1 Å². The fourth-order valence-electron chi connectivity index (χ4n) is 3.26. The maximum absolute atomic E-state index is 12.2. The zero-order valence-corrected chi connectivity index (χ0v) is 17.9. The zero-order chi connectivity index (χ0) is 20.5. The SMILES string of the molecule is CS(=O)(=O)O.N[C@@H]1CCCN(c2c(Br)cnc3[nH]cc(NC(=O)C4CC4)c23)C1. The quantitative estimate of drug-likeness (QED) is 0.499. The molecular formula is C17H24BrN5O4S. The summed E-state index contributed by atoms with van der Waals surface area (Å²) in [4.78, 5) is 22.0. The highest BCUT2D eigenvalue weighted by Crippen LogP contribution is 2.39. The van der Waals surface area contributed by atoms with Crippen molar-refractivity contribution in [2.45, 2.75) is 31.7 Å². The lowest BCUT2D eigenvalue weighted by Crippen LogP contribution is -2.43. The van der Waals surface area contributed by atoms with Gasteiger partial charge >= 0.3 is 0 Å². The number of carbonyl (C=O) groups is 1. The maximum Gasteiger partial charge on any atom is 0.261 e. The first-order chi connectivity index (χ1) is 13.1. The second-order valence-electron chi connectivity index (χ2n) is 7.23. The first kappa shape index (κ1) is 21.0. The van der Waals surface area contributed by atoms with Crippen molar-refractivity contribution in [3.8, 4) is 0 Å². The Morgan fingerprint density at radius 1 is 1.43 bits per heavy atom. The van der Waals surface area contributed by atoms with Crippen LogP contribution in [0.15, 0.2) is 16.9 Å². The van der Waals surface area contributed by atoms with Crippen LogP contribution in [0.1, 0.15) is 25.7 Å². The van der Waals surface area contributed by atoms with Crippen LogP contribution in [0.3, 0.4) is 0 Å². The number of amides is 1. The Kier molecular flexibility index (Phi) is 6.28. The number of pyridine rings is 1. The standard InChI is InChI=1S/C16H20BrN5O.CH4O3S/c17-11-6-19-15-13(14(11)22-5-1-2-10(18)8-22)12(7-20-15)21-16(23)9-3-4-9;1-5(2,3)4/h6-7,9-10H,1-5,8,18H2,(H,19,20)(H,21,23);1H3,(H,2,3,4)/t10-;/m1./s1. The lowest BCUT2D eigenvalue weighted by atomic mass is 10.1. The van der Waals surface area contributed by atoms with Crippen LogP contribution in [0, 0.1) is 5.92 Å². The Balaban J connectivity index is 0.000000403. The van der Waals surface area contributed by atoms with Crippen molar-refractivity contribution in [2.75, 3.05) is 29.6 Å². The number of anilines is 2. The minimum absolute atomic E-state index is 0.104. The van der Waals surface area contributed by atoms with Crippen LogP contribution >= 0.6 is 15.9 Å². The zero-order valence-electron chi connectivity index (χ0n) is 15.5. The fraction of sp³-hybridized carbons (Fsp3) is 0.529. The highest BCUT2D eigenvalue weighted by atomic mass is 79.9. The largest absolute Gasteiger partial charge is 0.368 e. The summed E-state index contributed by atoms with van der Waals surface area (Å²) in [5, 5.41) is 4.02. The van der Waals surface area contributed by atoms with E-state index in [9.17, 15) is 13.2 Å². The smallest absolute Gasteiger partial charge is 0.261 e. The van der Waals surface area contributed by atoms with Crippen LogP contribution in [-0.4, -0.2) is 54.2 Å². The van der Waals surface area contributed by atoms with Gasteiger partial charge in [-0.1, -0.05) is 0 Å². The van der Waals surface area contributed by atoms with E-state index in [1.807, 2.05) is 6.20 Å². The van der Waals surface area contributed by atoms with Gasteiger partial charge in [-0.05, 0) is 41.6 Å². The van der Waals surface area contributed by atoms with E-state index >= 15 is 0 Å². The second kappa shape index (κ2) is 8.36. The van der Waals surface area contributed by atoms with Crippen molar-refractivity contribution < 1.29 is 17.8 Å². The molecule has 28 heavy (non-hydrogen) atoms. The van der Waals surface area contributed by atoms with Gasteiger partial charge in [0.2, 0.25) is 5.91 Å². The van der Waals surface area contributed by atoms with Crippen molar-refractivity contribution in [1.82, 2.24) is 9.97 Å². The number of rotatable bonds is 3. The van der Waals surface area contributed by atoms with Crippen LogP contribution in [-0.2, 0) is 14.9 Å². The molecule has 1 atom stereocenters. The Morgan fingerprint density at radius 2 is 2.11 bits per heavy atom. The molecule has 1 aliphatic heterocycles. The van der Waals surface area contributed by atoms with Gasteiger partial charge in [0, 0.05) is 37.4 Å². The van der Waals surface area contributed by atoms with Gasteiger partial charge in [0.15, 0.2) is 0 Å². The number of halogens is 1. The summed E-state index contributed by atoms with van der Waals surface area (Å²) < 4.78 is 26.8. The number of carbonyl (C=O) groups excluding carboxylic acids is 1. The predicted molar refractivity (Wildman–Crippen MR) is 112 cm³/mol. The van der Waals surface area contributed by atoms with E-state index in [0.29, 0.717) is 6.26 Å². The molecule has 0 unspecified atom stereocenters. The summed E-state index contributed by atoms with van der Waals surface area (Å²) in [7, 11) is -3.67. The van der Waals surface area contributed by atoms with Crippen molar-refractivity contribution in [1.29, 1.82) is 0 Å². The van der Waals surface area contributed by atoms with E-state index in [1.165, 1.54) is 0 Å². The molecular weight excluding hydrogens is 450 g/mol. The van der Waals surface area contributed by atoms with Crippen molar-refractivity contribution in [3.63, 3.8) is 0 Å². The summed E-state index contributed by atoms with van der Waals surface area (Å²) in [6.45, 7) is 1.78. The molecule has 4 rings (SSSR count). The molecule has 9 nitrogen and oxygen atoms in total. The monoisotopic (exact) mass is 473 g/mol. The van der Waals surface area contributed by atoms with Crippen molar-refractivity contribution in [2.24, 2.45) is 11.7 Å². The number of fused-ring (bicyclic) bond motifs is 1. The fourth-order valence-corrected chi connectivity index (χ4v) is 3.81. The molecule has 1 saturated heterocycles. The molecule has 0 spiro atoms. The highest BCUT2D eigenvalue weighted by Gasteiger charge is 2.31. The molecule has 2 aliphatic rings. The average Bonchev–Trinajstić information content (AvgIpc) is 3.37. The number of H-pyrrole nitrogens is 1. The molecule has 0 bridgehead atoms. The molecule has 5 N–H and O–H groups in total. The number of aromatic amines is 1. The lowest BCUT2D eigenvalue weighted by molar-refractivity contribution is -0.117. The van der Waals surface area contributed by atoms with E-state index in [1.54, 1.807) is 6.20 Å². The van der Waals surface area contributed by atoms with Crippen LogP contribution in [0.25, 0.3) is 11.0 Å². The summed E-state index contributed by atoms with van der Waals surface area (Å²) in [6.07, 6.45) is 8.46. The van der Waals surface area contributed by atoms with Crippen LogP contribution in [0.5, 0.6) is 0 Å². The molecule has 11 heteroatoms. The number of piperidine rings is 1. The molecule has 154 valence electrons. The Labute approximate surface area is 171 Å². The van der Waals surface area contributed by atoms with Crippen molar-refractivity contribution in [3.05, 3.63) is 16.9 Å². The molecule has 1 saturated carbocycles. The number of hydrogen-bond donors (Lipinski definition) is 4. The first-order valence-corrected chi connectivity index (χ1v) is 11.7. The summed E-state index contributed by atoms with van der Waals surface area (Å²) >= 11 is 3.63. The van der Waals surface area contributed by atoms with Crippen LogP contribution in [0.4, 0.5) is 11.4 Å². The van der Waals surface area contributed by atoms with Gasteiger partial charge in [-0.15, -0.1) is 0 Å². The maximum atomic E-state index is 12.2. The number of nitrogens with one attached hydrogen (secondary N) is 2. The van der Waals surface area contributed by atoms with E-state index in [2.05, 4.69) is 36.1 Å². The minimum atomic E-state index is -3.67. The first-order valence-electron chi connectivity index (χ1n) is 9.03. The van der Waals surface area contributed by atoms with Crippen LogP contribution < -0.4 is 16.0 Å². The van der Waals surface area contributed by atoms with E-state index in [4.69, 9.17) is 10.3 Å². The summed E-state index contributed by atoms with van der Waals surface area (Å²) in [6, 6.07) is 0.183. The Bertz CT molecular complexity index is 965. The van der Waals surface area contributed by atoms with E-state index in [0.717, 1.165) is 65.7 Å². The van der Waals surface area contributed by atoms with Gasteiger partial charge in [-0.25, -0.2) is 4.98 Å². The normalized spacial score (nSPS) is 19.9. The second-order valence-corrected chi connectivity index (χ2v) is 9.55. The number of hydrogen-bond acceptors (Lipinski definition) is 6. The van der Waals surface area contributed by atoms with Gasteiger partial charge in [0.1, 0.15) is 5.65 Å². The van der Waals surface area contributed by atoms with Crippen molar-refractivity contribution >= 4 is 54.4 Å². The summed E-state index contributed by atoms with van der Waals surface area (Å²) in [5.74, 6) is 0.277. The number of aromatic nitrogens is 2. The summed E-state index contributed by atoms with van der Waals surface area (Å²) in [5.41, 5.74) is 8.81. The lowest BCUT2D eigenvalue weighted by Gasteiger charge is -2.33. The van der Waals surface area contributed by atoms with Gasteiger partial charge in [0.05, 0.1) is 27.5 Å². The van der Waals surface area contributed by atoms with Crippen LogP contribution in [0.2, 0.25) is 0 Å². The van der Waals surface area contributed by atoms with E-state index in [-0.39, 0.29) is 17.9 Å². The molecule has 2 aromatic rings. The number of nitrogens with zero attached hydrogens (tertiary/aromatic N) is 2. The van der Waals surface area contributed by atoms with Gasteiger partial charge in [-0.2, -0.15) is 8.42 Å². The average molecular weight is 474 g/mol. The number of nitrogens with two attached hydrogens (primary N) is 1.